The molecule has 0 fully saturated rings. The minimum absolute atomic E-state index is 0.333. The molecule has 0 amide bonds. The molecule has 19 heavy (non-hydrogen) atoms. The Morgan fingerprint density at radius 2 is 2.21 bits per heavy atom. The van der Waals surface area contributed by atoms with E-state index in [1.54, 1.807) is 0 Å². The lowest BCUT2D eigenvalue weighted by molar-refractivity contribution is 0.224. The minimum Gasteiger partial charge on any atom is -0.466 e. The second-order valence-corrected chi connectivity index (χ2v) is 7.04. The average molecular weight is 263 g/mol. The van der Waals surface area contributed by atoms with Crippen molar-refractivity contribution in [3.05, 3.63) is 23.2 Å². The number of furan rings is 1. The molecule has 1 aromatic heterocycles. The molecule has 1 aliphatic carbocycles. The van der Waals surface area contributed by atoms with Crippen LogP contribution in [0.25, 0.3) is 0 Å². The highest BCUT2D eigenvalue weighted by Crippen LogP contribution is 2.42. The fraction of sp³-hybridized carbons (Fsp3) is 0.765. The van der Waals surface area contributed by atoms with Gasteiger partial charge in [-0.25, -0.2) is 0 Å². The smallest absolute Gasteiger partial charge is 0.109 e. The van der Waals surface area contributed by atoms with E-state index in [1.165, 1.54) is 37.0 Å². The first-order chi connectivity index (χ1) is 8.91. The standard InChI is InChI=1S/C17H29NO/c1-6-7-8-12(2)18-15-10-17(4,5)11-16-14(15)9-13(3)19-16/h9,12,15,18H,6-8,10-11H2,1-5H3. The highest BCUT2D eigenvalue weighted by atomic mass is 16.3. The fourth-order valence-electron chi connectivity index (χ4n) is 3.27. The van der Waals surface area contributed by atoms with Gasteiger partial charge < -0.3 is 9.73 Å². The summed E-state index contributed by atoms with van der Waals surface area (Å²) in [4.78, 5) is 0. The van der Waals surface area contributed by atoms with Gasteiger partial charge in [0.1, 0.15) is 11.5 Å². The molecule has 1 N–H and O–H groups in total. The highest BCUT2D eigenvalue weighted by molar-refractivity contribution is 5.29. The van der Waals surface area contributed by atoms with Crippen LogP contribution in [0.3, 0.4) is 0 Å². The summed E-state index contributed by atoms with van der Waals surface area (Å²) >= 11 is 0. The number of hydrogen-bond acceptors (Lipinski definition) is 2. The van der Waals surface area contributed by atoms with E-state index in [0.717, 1.165) is 12.2 Å². The third-order valence-corrected chi connectivity index (χ3v) is 4.21. The molecular weight excluding hydrogens is 234 g/mol. The van der Waals surface area contributed by atoms with Gasteiger partial charge in [-0.1, -0.05) is 33.6 Å². The lowest BCUT2D eigenvalue weighted by Crippen LogP contribution is -2.37. The van der Waals surface area contributed by atoms with Crippen molar-refractivity contribution in [2.45, 2.75) is 78.8 Å². The van der Waals surface area contributed by atoms with Crippen molar-refractivity contribution in [2.75, 3.05) is 0 Å². The zero-order valence-corrected chi connectivity index (χ0v) is 13.2. The molecule has 108 valence electrons. The molecule has 0 aromatic carbocycles. The van der Waals surface area contributed by atoms with Crippen LogP contribution < -0.4 is 5.32 Å². The molecule has 2 atom stereocenters. The molecule has 1 aliphatic rings. The molecule has 2 heteroatoms. The first-order valence-corrected chi connectivity index (χ1v) is 7.76. The average Bonchev–Trinajstić information content (AvgIpc) is 2.65. The van der Waals surface area contributed by atoms with Gasteiger partial charge in [0.15, 0.2) is 0 Å². The van der Waals surface area contributed by atoms with Crippen molar-refractivity contribution < 1.29 is 4.42 Å². The zero-order chi connectivity index (χ0) is 14.0. The maximum atomic E-state index is 5.89. The Morgan fingerprint density at radius 1 is 1.47 bits per heavy atom. The first kappa shape index (κ1) is 14.6. The Labute approximate surface area is 118 Å². The Bertz CT molecular complexity index is 419. The van der Waals surface area contributed by atoms with Gasteiger partial charge in [0.25, 0.3) is 0 Å². The van der Waals surface area contributed by atoms with Crippen LogP contribution in [-0.2, 0) is 6.42 Å². The van der Waals surface area contributed by atoms with E-state index >= 15 is 0 Å². The second kappa shape index (κ2) is 5.70. The summed E-state index contributed by atoms with van der Waals surface area (Å²) in [5, 5.41) is 3.82. The number of hydrogen-bond donors (Lipinski definition) is 1. The quantitative estimate of drug-likeness (QED) is 0.827. The summed E-state index contributed by atoms with van der Waals surface area (Å²) in [6.07, 6.45) is 6.12. The number of unbranched alkanes of at least 4 members (excludes halogenated alkanes) is 1. The number of fused-ring (bicyclic) bond motifs is 1. The molecule has 2 rings (SSSR count). The lowest BCUT2D eigenvalue weighted by atomic mass is 9.74. The van der Waals surface area contributed by atoms with E-state index < -0.39 is 0 Å². The molecule has 2 nitrogen and oxygen atoms in total. The monoisotopic (exact) mass is 263 g/mol. The van der Waals surface area contributed by atoms with Crippen molar-refractivity contribution in [2.24, 2.45) is 5.41 Å². The number of rotatable bonds is 5. The topological polar surface area (TPSA) is 25.2 Å². The first-order valence-electron chi connectivity index (χ1n) is 7.76. The predicted molar refractivity (Wildman–Crippen MR) is 80.4 cm³/mol. The van der Waals surface area contributed by atoms with Gasteiger partial charge in [0.05, 0.1) is 0 Å². The van der Waals surface area contributed by atoms with E-state index in [-0.39, 0.29) is 0 Å². The normalized spacial score (nSPS) is 23.1. The summed E-state index contributed by atoms with van der Waals surface area (Å²) < 4.78 is 5.89. The van der Waals surface area contributed by atoms with Crippen LogP contribution in [0.4, 0.5) is 0 Å². The molecule has 0 spiro atoms. The largest absolute Gasteiger partial charge is 0.466 e. The van der Waals surface area contributed by atoms with Crippen LogP contribution in [0.15, 0.2) is 10.5 Å². The van der Waals surface area contributed by atoms with E-state index in [4.69, 9.17) is 4.42 Å². The Hall–Kier alpha value is -0.760. The van der Waals surface area contributed by atoms with Gasteiger partial charge in [-0.3, -0.25) is 0 Å². The third kappa shape index (κ3) is 3.62. The van der Waals surface area contributed by atoms with Crippen molar-refractivity contribution in [3.8, 4) is 0 Å². The van der Waals surface area contributed by atoms with Crippen LogP contribution in [0, 0.1) is 12.3 Å². The molecule has 0 saturated heterocycles. The third-order valence-electron chi connectivity index (χ3n) is 4.21. The molecular formula is C17H29NO. The van der Waals surface area contributed by atoms with Crippen LogP contribution in [-0.4, -0.2) is 6.04 Å². The van der Waals surface area contributed by atoms with Gasteiger partial charge in [-0.15, -0.1) is 0 Å². The van der Waals surface area contributed by atoms with Crippen LogP contribution in [0.2, 0.25) is 0 Å². The summed E-state index contributed by atoms with van der Waals surface area (Å²) in [6, 6.07) is 3.28. The minimum atomic E-state index is 0.333. The van der Waals surface area contributed by atoms with Crippen molar-refractivity contribution in [1.82, 2.24) is 5.32 Å². The van der Waals surface area contributed by atoms with Crippen molar-refractivity contribution >= 4 is 0 Å². The van der Waals surface area contributed by atoms with E-state index in [1.807, 2.05) is 0 Å². The Balaban J connectivity index is 2.11. The highest BCUT2D eigenvalue weighted by Gasteiger charge is 2.35. The number of nitrogens with one attached hydrogen (secondary N) is 1. The summed E-state index contributed by atoms with van der Waals surface area (Å²) in [5.41, 5.74) is 1.74. The van der Waals surface area contributed by atoms with Crippen LogP contribution >= 0.6 is 0 Å². The molecule has 1 heterocycles. The Kier molecular flexibility index (Phi) is 4.39. The van der Waals surface area contributed by atoms with Gasteiger partial charge in [0, 0.05) is 24.1 Å². The summed E-state index contributed by atoms with van der Waals surface area (Å²) in [6.45, 7) is 11.3. The zero-order valence-electron chi connectivity index (χ0n) is 13.2. The second-order valence-electron chi connectivity index (χ2n) is 7.04. The SMILES string of the molecule is CCCCC(C)NC1CC(C)(C)Cc2oc(C)cc21. The molecule has 0 saturated carbocycles. The maximum Gasteiger partial charge on any atom is 0.109 e. The van der Waals surface area contributed by atoms with Crippen LogP contribution in [0.5, 0.6) is 0 Å². The Morgan fingerprint density at radius 3 is 2.89 bits per heavy atom. The summed E-state index contributed by atoms with van der Waals surface area (Å²) in [5.74, 6) is 2.25. The van der Waals surface area contributed by atoms with E-state index in [0.29, 0.717) is 17.5 Å². The van der Waals surface area contributed by atoms with Gasteiger partial charge >= 0.3 is 0 Å². The molecule has 0 bridgehead atoms. The van der Waals surface area contributed by atoms with Crippen LogP contribution in [0.1, 0.15) is 76.5 Å². The molecule has 1 aromatic rings. The van der Waals surface area contributed by atoms with Crippen molar-refractivity contribution in [3.63, 3.8) is 0 Å². The number of aryl methyl sites for hydroxylation is 1. The maximum absolute atomic E-state index is 5.89. The molecule has 0 aliphatic heterocycles. The predicted octanol–water partition coefficient (Wildman–Crippen LogP) is 4.77. The van der Waals surface area contributed by atoms with Gasteiger partial charge in [0.2, 0.25) is 0 Å². The van der Waals surface area contributed by atoms with Gasteiger partial charge in [-0.05, 0) is 38.2 Å². The molecule has 2 unspecified atom stereocenters. The summed E-state index contributed by atoms with van der Waals surface area (Å²) in [7, 11) is 0. The lowest BCUT2D eigenvalue weighted by Gasteiger charge is -2.36. The fourth-order valence-corrected chi connectivity index (χ4v) is 3.27. The molecule has 0 radical (unpaired) electrons. The van der Waals surface area contributed by atoms with Gasteiger partial charge in [-0.2, -0.15) is 0 Å². The van der Waals surface area contributed by atoms with Crippen molar-refractivity contribution in [1.29, 1.82) is 0 Å². The van der Waals surface area contributed by atoms with E-state index in [2.05, 4.69) is 46.0 Å². The van der Waals surface area contributed by atoms with E-state index in [9.17, 15) is 0 Å².